The predicted octanol–water partition coefficient (Wildman–Crippen LogP) is 3.46. The van der Waals surface area contributed by atoms with Gasteiger partial charge in [-0.05, 0) is 43.9 Å². The third-order valence-electron chi connectivity index (χ3n) is 3.68. The summed E-state index contributed by atoms with van der Waals surface area (Å²) in [6, 6.07) is 5.58. The summed E-state index contributed by atoms with van der Waals surface area (Å²) in [5.41, 5.74) is 1.38. The smallest absolute Gasteiger partial charge is 0.161 e. The highest BCUT2D eigenvalue weighted by molar-refractivity contribution is 5.98. The molecule has 4 nitrogen and oxygen atoms in total. The van der Waals surface area contributed by atoms with Crippen molar-refractivity contribution in [2.24, 2.45) is 11.1 Å². The van der Waals surface area contributed by atoms with Crippen molar-refractivity contribution in [2.45, 2.75) is 32.6 Å². The van der Waals surface area contributed by atoms with E-state index in [4.69, 9.17) is 14.7 Å². The summed E-state index contributed by atoms with van der Waals surface area (Å²) in [5, 5.41) is 12.0. The van der Waals surface area contributed by atoms with E-state index in [9.17, 15) is 0 Å². The zero-order valence-electron chi connectivity index (χ0n) is 11.6. The van der Waals surface area contributed by atoms with E-state index in [1.54, 1.807) is 14.0 Å². The second-order valence-corrected chi connectivity index (χ2v) is 5.01. The zero-order chi connectivity index (χ0) is 13.7. The Labute approximate surface area is 114 Å². The summed E-state index contributed by atoms with van der Waals surface area (Å²) in [6.45, 7) is 2.50. The molecule has 0 heterocycles. The lowest BCUT2D eigenvalue weighted by molar-refractivity contribution is 0.240. The van der Waals surface area contributed by atoms with Crippen molar-refractivity contribution in [3.05, 3.63) is 23.8 Å². The van der Waals surface area contributed by atoms with Gasteiger partial charge in [0.2, 0.25) is 0 Å². The molecule has 104 valence electrons. The molecule has 1 aliphatic rings. The van der Waals surface area contributed by atoms with Crippen LogP contribution < -0.4 is 9.47 Å². The van der Waals surface area contributed by atoms with Crippen LogP contribution in [0.5, 0.6) is 11.5 Å². The fourth-order valence-corrected chi connectivity index (χ4v) is 2.45. The van der Waals surface area contributed by atoms with Gasteiger partial charge in [-0.1, -0.05) is 18.0 Å². The van der Waals surface area contributed by atoms with Gasteiger partial charge in [0.05, 0.1) is 19.4 Å². The number of methoxy groups -OCH3 is 1. The van der Waals surface area contributed by atoms with Gasteiger partial charge in [-0.15, -0.1) is 0 Å². The third-order valence-corrected chi connectivity index (χ3v) is 3.68. The molecule has 1 aromatic rings. The van der Waals surface area contributed by atoms with E-state index in [1.807, 2.05) is 18.2 Å². The van der Waals surface area contributed by atoms with Crippen LogP contribution in [0.3, 0.4) is 0 Å². The Morgan fingerprint density at radius 2 is 2.05 bits per heavy atom. The molecule has 0 aliphatic heterocycles. The summed E-state index contributed by atoms with van der Waals surface area (Å²) in [7, 11) is 1.62. The predicted molar refractivity (Wildman–Crippen MR) is 74.4 cm³/mol. The lowest BCUT2D eigenvalue weighted by Gasteiger charge is -2.14. The van der Waals surface area contributed by atoms with E-state index in [0.717, 1.165) is 17.9 Å². The van der Waals surface area contributed by atoms with E-state index in [-0.39, 0.29) is 0 Å². The average Bonchev–Trinajstić information content (AvgIpc) is 2.97. The molecular weight excluding hydrogens is 242 g/mol. The van der Waals surface area contributed by atoms with Crippen molar-refractivity contribution in [1.82, 2.24) is 0 Å². The van der Waals surface area contributed by atoms with Crippen LogP contribution >= 0.6 is 0 Å². The minimum Gasteiger partial charge on any atom is -0.493 e. The van der Waals surface area contributed by atoms with Crippen LogP contribution in [0.4, 0.5) is 0 Å². The number of hydrogen-bond donors (Lipinski definition) is 1. The minimum absolute atomic E-state index is 0.556. The molecule has 0 unspecified atom stereocenters. The first kappa shape index (κ1) is 13.7. The van der Waals surface area contributed by atoms with E-state index < -0.39 is 0 Å². The number of nitrogens with zero attached hydrogens (tertiary/aromatic N) is 1. The lowest BCUT2D eigenvalue weighted by Crippen LogP contribution is -2.09. The molecule has 1 saturated carbocycles. The van der Waals surface area contributed by atoms with Crippen LogP contribution in [0.25, 0.3) is 0 Å². The summed E-state index contributed by atoms with van der Waals surface area (Å²) < 4.78 is 11.2. The summed E-state index contributed by atoms with van der Waals surface area (Å²) in [6.07, 6.45) is 5.15. The fourth-order valence-electron chi connectivity index (χ4n) is 2.45. The molecule has 4 heteroatoms. The number of ether oxygens (including phenoxy) is 2. The second kappa shape index (κ2) is 6.45. The molecule has 1 aliphatic carbocycles. The molecule has 0 amide bonds. The summed E-state index contributed by atoms with van der Waals surface area (Å²) in [4.78, 5) is 0. The Balaban J connectivity index is 2.07. The first-order valence-corrected chi connectivity index (χ1v) is 6.74. The molecule has 1 aromatic carbocycles. The van der Waals surface area contributed by atoms with Crippen molar-refractivity contribution in [2.75, 3.05) is 13.7 Å². The maximum absolute atomic E-state index is 8.78. The first-order valence-electron chi connectivity index (χ1n) is 6.74. The van der Waals surface area contributed by atoms with E-state index >= 15 is 0 Å². The Morgan fingerprint density at radius 1 is 1.32 bits per heavy atom. The highest BCUT2D eigenvalue weighted by Gasteiger charge is 2.16. The van der Waals surface area contributed by atoms with E-state index in [2.05, 4.69) is 5.16 Å². The monoisotopic (exact) mass is 263 g/mol. The molecule has 0 aromatic heterocycles. The maximum atomic E-state index is 8.78. The average molecular weight is 263 g/mol. The summed E-state index contributed by atoms with van der Waals surface area (Å²) >= 11 is 0. The largest absolute Gasteiger partial charge is 0.493 e. The molecule has 0 bridgehead atoms. The SMILES string of the molecule is COc1cc(C(C)=NO)ccc1OCC1CCCC1. The molecular formula is C15H21NO3. The van der Waals surface area contributed by atoms with Crippen molar-refractivity contribution in [3.63, 3.8) is 0 Å². The second-order valence-electron chi connectivity index (χ2n) is 5.01. The number of oxime groups is 1. The van der Waals surface area contributed by atoms with E-state index in [0.29, 0.717) is 17.4 Å². The zero-order valence-corrected chi connectivity index (χ0v) is 11.6. The first-order chi connectivity index (χ1) is 9.24. The molecule has 0 saturated heterocycles. The van der Waals surface area contributed by atoms with Crippen LogP contribution in [0.1, 0.15) is 38.2 Å². The standard InChI is InChI=1S/C15H21NO3/c1-11(16-17)13-7-8-14(15(9-13)18-2)19-10-12-5-3-4-6-12/h7-9,12,17H,3-6,10H2,1-2H3. The normalized spacial score (nSPS) is 16.6. The molecule has 1 fully saturated rings. The molecule has 2 rings (SSSR count). The van der Waals surface area contributed by atoms with Crippen LogP contribution in [-0.4, -0.2) is 24.6 Å². The van der Waals surface area contributed by atoms with Gasteiger partial charge >= 0.3 is 0 Å². The van der Waals surface area contributed by atoms with E-state index in [1.165, 1.54) is 25.7 Å². The highest BCUT2D eigenvalue weighted by Crippen LogP contribution is 2.31. The van der Waals surface area contributed by atoms with Gasteiger partial charge in [-0.2, -0.15) is 0 Å². The molecule has 0 radical (unpaired) electrons. The van der Waals surface area contributed by atoms with Crippen molar-refractivity contribution >= 4 is 5.71 Å². The van der Waals surface area contributed by atoms with Crippen LogP contribution in [0, 0.1) is 5.92 Å². The number of benzene rings is 1. The third kappa shape index (κ3) is 3.40. The van der Waals surface area contributed by atoms with Crippen LogP contribution in [0.2, 0.25) is 0 Å². The maximum Gasteiger partial charge on any atom is 0.161 e. The van der Waals surface area contributed by atoms with Gasteiger partial charge < -0.3 is 14.7 Å². The van der Waals surface area contributed by atoms with Gasteiger partial charge in [0, 0.05) is 5.56 Å². The quantitative estimate of drug-likeness (QED) is 0.503. The number of rotatable bonds is 5. The Bertz CT molecular complexity index is 451. The van der Waals surface area contributed by atoms with Crippen molar-refractivity contribution in [1.29, 1.82) is 0 Å². The van der Waals surface area contributed by atoms with Gasteiger partial charge in [-0.3, -0.25) is 0 Å². The topological polar surface area (TPSA) is 51.0 Å². The Kier molecular flexibility index (Phi) is 4.66. The van der Waals surface area contributed by atoms with Gasteiger partial charge in [-0.25, -0.2) is 0 Å². The van der Waals surface area contributed by atoms with Gasteiger partial charge in [0.1, 0.15) is 0 Å². The van der Waals surface area contributed by atoms with Gasteiger partial charge in [0.15, 0.2) is 11.5 Å². The van der Waals surface area contributed by atoms with Crippen molar-refractivity contribution < 1.29 is 14.7 Å². The Hall–Kier alpha value is -1.71. The number of hydrogen-bond acceptors (Lipinski definition) is 4. The lowest BCUT2D eigenvalue weighted by atomic mass is 10.1. The van der Waals surface area contributed by atoms with Crippen LogP contribution in [-0.2, 0) is 0 Å². The van der Waals surface area contributed by atoms with Crippen LogP contribution in [0.15, 0.2) is 23.4 Å². The summed E-state index contributed by atoms with van der Waals surface area (Å²) in [5.74, 6) is 2.10. The molecule has 1 N–H and O–H groups in total. The Morgan fingerprint density at radius 3 is 2.68 bits per heavy atom. The van der Waals surface area contributed by atoms with Gasteiger partial charge in [0.25, 0.3) is 0 Å². The molecule has 0 spiro atoms. The highest BCUT2D eigenvalue weighted by atomic mass is 16.5. The molecule has 19 heavy (non-hydrogen) atoms. The fraction of sp³-hybridized carbons (Fsp3) is 0.533. The minimum atomic E-state index is 0.556. The molecule has 0 atom stereocenters. The van der Waals surface area contributed by atoms with Crippen molar-refractivity contribution in [3.8, 4) is 11.5 Å².